The average molecular weight is 524 g/mol. The molecule has 3 N–H and O–H groups in total. The van der Waals surface area contributed by atoms with Gasteiger partial charge in [-0.1, -0.05) is 6.07 Å². The van der Waals surface area contributed by atoms with Gasteiger partial charge in [0.2, 0.25) is 0 Å². The maximum Gasteiger partial charge on any atom is 0.322 e. The van der Waals surface area contributed by atoms with Crippen molar-refractivity contribution in [1.29, 1.82) is 0 Å². The van der Waals surface area contributed by atoms with Crippen molar-refractivity contribution in [3.8, 4) is 5.75 Å². The number of hydrogen-bond acceptors (Lipinski definition) is 7. The Labute approximate surface area is 216 Å². The second-order valence-corrected chi connectivity index (χ2v) is 9.54. The smallest absolute Gasteiger partial charge is 0.322 e. The highest BCUT2D eigenvalue weighted by Gasteiger charge is 2.53. The highest BCUT2D eigenvalue weighted by molar-refractivity contribution is 6.08. The van der Waals surface area contributed by atoms with E-state index in [4.69, 9.17) is 9.15 Å². The van der Waals surface area contributed by atoms with Crippen molar-refractivity contribution in [2.45, 2.75) is 12.1 Å². The third kappa shape index (κ3) is 4.32. The number of fused-ring (bicyclic) bond motifs is 2. The lowest BCUT2D eigenvalue weighted by Gasteiger charge is -2.29. The molecule has 0 aliphatic carbocycles. The van der Waals surface area contributed by atoms with Gasteiger partial charge in [0, 0.05) is 36.7 Å². The van der Waals surface area contributed by atoms with Crippen LogP contribution in [-0.4, -0.2) is 74.4 Å². The zero-order valence-electron chi connectivity index (χ0n) is 21.0. The minimum atomic E-state index is -1.76. The van der Waals surface area contributed by atoms with Crippen LogP contribution >= 0.6 is 0 Å². The Kier molecular flexibility index (Phi) is 6.27. The quantitative estimate of drug-likeness (QED) is 0.382. The number of methoxy groups -OCH3 is 1. The molecule has 2 aliphatic rings. The van der Waals surface area contributed by atoms with E-state index in [-0.39, 0.29) is 35.9 Å². The summed E-state index contributed by atoms with van der Waals surface area (Å²) in [7, 11) is 5.20. The topological polar surface area (TPSA) is 133 Å². The molecule has 0 saturated carbocycles. The molecule has 3 heterocycles. The van der Waals surface area contributed by atoms with E-state index in [1.165, 1.54) is 24.1 Å². The molecule has 1 unspecified atom stereocenters. The molecule has 1 aromatic heterocycles. The molecular weight excluding hydrogens is 497 g/mol. The molecule has 5 rings (SSSR count). The summed E-state index contributed by atoms with van der Waals surface area (Å²) in [5.41, 5.74) is -0.691. The minimum Gasteiger partial charge on any atom is -0.497 e. The molecule has 1 atom stereocenters. The summed E-state index contributed by atoms with van der Waals surface area (Å²) in [6.45, 7) is 0.873. The van der Waals surface area contributed by atoms with Gasteiger partial charge in [-0.3, -0.25) is 19.7 Å². The Balaban J connectivity index is 1.47. The van der Waals surface area contributed by atoms with Gasteiger partial charge in [-0.2, -0.15) is 0 Å². The number of carbonyl (C=O) groups excluding carboxylic acids is 4. The lowest BCUT2D eigenvalue weighted by molar-refractivity contribution is -0.125. The summed E-state index contributed by atoms with van der Waals surface area (Å²) in [5.74, 6) is -1.93. The number of furan rings is 1. The minimum absolute atomic E-state index is 0.00162. The van der Waals surface area contributed by atoms with Crippen LogP contribution in [0.5, 0.6) is 5.75 Å². The van der Waals surface area contributed by atoms with E-state index >= 15 is 0 Å². The number of likely N-dealkylation sites (N-methyl/N-ethyl adjacent to an activating group) is 1. The maximum atomic E-state index is 14.8. The van der Waals surface area contributed by atoms with Crippen molar-refractivity contribution in [2.75, 3.05) is 40.8 Å². The number of carbonyl (C=O) groups is 4. The molecule has 38 heavy (non-hydrogen) atoms. The van der Waals surface area contributed by atoms with Gasteiger partial charge in [-0.05, 0) is 43.9 Å². The molecule has 5 amide bonds. The zero-order valence-corrected chi connectivity index (χ0v) is 21.0. The van der Waals surface area contributed by atoms with E-state index in [0.29, 0.717) is 29.8 Å². The molecule has 3 aromatic rings. The monoisotopic (exact) mass is 523 g/mol. The number of urea groups is 1. The van der Waals surface area contributed by atoms with Crippen molar-refractivity contribution in [2.24, 2.45) is 0 Å². The molecule has 1 fully saturated rings. The first-order valence-electron chi connectivity index (χ1n) is 11.9. The number of imide groups is 1. The van der Waals surface area contributed by atoms with E-state index in [1.807, 2.05) is 19.0 Å². The van der Waals surface area contributed by atoms with Gasteiger partial charge in [0.1, 0.15) is 22.9 Å². The molecule has 12 heteroatoms. The van der Waals surface area contributed by atoms with Crippen LogP contribution in [0.15, 0.2) is 40.8 Å². The van der Waals surface area contributed by atoms with E-state index in [2.05, 4.69) is 16.0 Å². The Bertz CT molecular complexity index is 1480. The van der Waals surface area contributed by atoms with Crippen LogP contribution in [0.25, 0.3) is 11.0 Å². The van der Waals surface area contributed by atoms with Crippen LogP contribution in [0.3, 0.4) is 0 Å². The van der Waals surface area contributed by atoms with Gasteiger partial charge in [-0.25, -0.2) is 9.18 Å². The maximum absolute atomic E-state index is 14.8. The van der Waals surface area contributed by atoms with E-state index in [0.717, 1.165) is 11.6 Å². The molecular formula is C26H26FN5O6. The Morgan fingerprint density at radius 1 is 1.21 bits per heavy atom. The predicted octanol–water partition coefficient (Wildman–Crippen LogP) is 1.56. The molecule has 2 aromatic carbocycles. The van der Waals surface area contributed by atoms with Gasteiger partial charge < -0.3 is 29.6 Å². The molecule has 0 radical (unpaired) electrons. The molecule has 11 nitrogen and oxygen atoms in total. The number of ether oxygens (including phenoxy) is 1. The van der Waals surface area contributed by atoms with Crippen molar-refractivity contribution in [3.05, 3.63) is 64.7 Å². The highest BCUT2D eigenvalue weighted by Crippen LogP contribution is 2.35. The van der Waals surface area contributed by atoms with Crippen molar-refractivity contribution in [3.63, 3.8) is 0 Å². The molecule has 2 aliphatic heterocycles. The van der Waals surface area contributed by atoms with Crippen molar-refractivity contribution < 1.29 is 32.7 Å². The van der Waals surface area contributed by atoms with Crippen LogP contribution < -0.4 is 20.7 Å². The second-order valence-electron chi connectivity index (χ2n) is 9.54. The Morgan fingerprint density at radius 2 is 2.00 bits per heavy atom. The standard InChI is InChI=1S/C26H26FN5O6/c1-31(2)7-6-28-22(33)18-8-15-9-21(38-20(15)11-19(18)27)26(24(35)29-25(36)30-26)13-32-12-14-4-5-16(37-3)10-17(14)23(32)34/h4-5,8-11H,6-7,12-13H2,1-3H3,(H,28,33)(H2,29,30,35,36). The van der Waals surface area contributed by atoms with Crippen LogP contribution in [0.4, 0.5) is 9.18 Å². The lowest BCUT2D eigenvalue weighted by atomic mass is 9.95. The summed E-state index contributed by atoms with van der Waals surface area (Å²) in [6.07, 6.45) is 0. The number of rotatable bonds is 8. The molecule has 0 spiro atoms. The van der Waals surface area contributed by atoms with E-state index in [1.54, 1.807) is 18.2 Å². The van der Waals surface area contributed by atoms with E-state index < -0.39 is 29.2 Å². The van der Waals surface area contributed by atoms with Gasteiger partial charge in [0.05, 0.1) is 19.2 Å². The number of halogens is 1. The Hall–Kier alpha value is -4.45. The SMILES string of the molecule is COc1ccc2c(c1)C(=O)N(CC1(c3cc4cc(C(=O)NCCN(C)C)c(F)cc4o3)NC(=O)NC1=O)C2. The van der Waals surface area contributed by atoms with Crippen molar-refractivity contribution >= 4 is 34.7 Å². The summed E-state index contributed by atoms with van der Waals surface area (Å²) >= 11 is 0. The third-order valence-corrected chi connectivity index (χ3v) is 6.68. The molecule has 1 saturated heterocycles. The fourth-order valence-corrected chi connectivity index (χ4v) is 4.67. The number of amides is 5. The number of hydrogen-bond donors (Lipinski definition) is 3. The summed E-state index contributed by atoms with van der Waals surface area (Å²) in [4.78, 5) is 54.4. The first-order valence-corrected chi connectivity index (χ1v) is 11.9. The normalized spacial score (nSPS) is 18.7. The lowest BCUT2D eigenvalue weighted by Crippen LogP contribution is -2.52. The summed E-state index contributed by atoms with van der Waals surface area (Å²) < 4.78 is 25.9. The fourth-order valence-electron chi connectivity index (χ4n) is 4.67. The third-order valence-electron chi connectivity index (χ3n) is 6.68. The predicted molar refractivity (Wildman–Crippen MR) is 133 cm³/mol. The zero-order chi connectivity index (χ0) is 27.2. The van der Waals surface area contributed by atoms with E-state index in [9.17, 15) is 23.6 Å². The summed E-state index contributed by atoms with van der Waals surface area (Å²) in [6, 6.07) is 8.21. The fraction of sp³-hybridized carbons (Fsp3) is 0.308. The van der Waals surface area contributed by atoms with Gasteiger partial charge in [0.15, 0.2) is 5.54 Å². The first kappa shape index (κ1) is 25.2. The molecule has 198 valence electrons. The van der Waals surface area contributed by atoms with Gasteiger partial charge >= 0.3 is 6.03 Å². The number of nitrogens with one attached hydrogen (secondary N) is 3. The second kappa shape index (κ2) is 9.45. The highest BCUT2D eigenvalue weighted by atomic mass is 19.1. The van der Waals surface area contributed by atoms with Crippen LogP contribution in [-0.2, 0) is 16.9 Å². The van der Waals surface area contributed by atoms with Crippen LogP contribution in [0.2, 0.25) is 0 Å². The Morgan fingerprint density at radius 3 is 2.68 bits per heavy atom. The number of benzene rings is 2. The summed E-state index contributed by atoms with van der Waals surface area (Å²) in [5, 5.41) is 7.81. The largest absolute Gasteiger partial charge is 0.497 e. The van der Waals surface area contributed by atoms with Gasteiger partial charge in [-0.15, -0.1) is 0 Å². The average Bonchev–Trinajstić information content (AvgIpc) is 3.51. The van der Waals surface area contributed by atoms with Gasteiger partial charge in [0.25, 0.3) is 17.7 Å². The van der Waals surface area contributed by atoms with Crippen LogP contribution in [0, 0.1) is 5.82 Å². The first-order chi connectivity index (χ1) is 18.1. The number of nitrogens with zero attached hydrogens (tertiary/aromatic N) is 2. The van der Waals surface area contributed by atoms with Crippen molar-refractivity contribution in [1.82, 2.24) is 25.8 Å². The van der Waals surface area contributed by atoms with Crippen LogP contribution in [0.1, 0.15) is 32.0 Å². The molecule has 0 bridgehead atoms.